The number of carbonyl (C=O) groups excluding carboxylic acids is 7. The fourth-order valence-corrected chi connectivity index (χ4v) is 7.44. The molecule has 24 nitrogen and oxygen atoms in total. The lowest BCUT2D eigenvalue weighted by Gasteiger charge is -2.36. The van der Waals surface area contributed by atoms with Gasteiger partial charge in [-0.3, -0.25) is 29.4 Å². The largest absolute Gasteiger partial charge is 0.508 e. The Hall–Kier alpha value is -7.93. The molecule has 2 heterocycles. The van der Waals surface area contributed by atoms with Crippen LogP contribution >= 0.6 is 12.2 Å². The van der Waals surface area contributed by atoms with E-state index < -0.39 is 78.4 Å². The third-order valence-corrected chi connectivity index (χ3v) is 10.7. The maximum Gasteiger partial charge on any atom is 0.340 e. The van der Waals surface area contributed by atoms with Gasteiger partial charge in [-0.25, -0.2) is 9.59 Å². The monoisotopic (exact) mass is 948 g/mol. The number of thiocarbonyl (C=S) groups is 1. The number of amides is 7. The number of aromatic hydroxyl groups is 2. The van der Waals surface area contributed by atoms with Crippen LogP contribution in [0.3, 0.4) is 0 Å². The van der Waals surface area contributed by atoms with E-state index in [1.165, 1.54) is 31.3 Å². The number of carbonyl (C=O) groups is 7. The highest BCUT2D eigenvalue weighted by Crippen LogP contribution is 2.57. The first-order valence-electron chi connectivity index (χ1n) is 20.8. The van der Waals surface area contributed by atoms with Crippen LogP contribution in [0.5, 0.6) is 23.0 Å². The number of urea groups is 1. The number of phenolic OH excluding ortho intramolecular Hbond substituents is 2. The molecule has 0 aliphatic carbocycles. The van der Waals surface area contributed by atoms with Crippen LogP contribution in [0, 0.1) is 5.41 Å². The maximum absolute atomic E-state index is 13.5. The van der Waals surface area contributed by atoms with Crippen molar-refractivity contribution in [3.63, 3.8) is 0 Å². The number of aliphatic hydroxyl groups excluding tert-OH is 1. The van der Waals surface area contributed by atoms with Crippen LogP contribution in [0.1, 0.15) is 59.2 Å². The minimum atomic E-state index is -1.59. The highest BCUT2D eigenvalue weighted by atomic mass is 32.1. The molecule has 2 aliphatic heterocycles. The number of likely N-dealkylation sites (N-methyl/N-ethyl adjacent to an activating group) is 1. The molecule has 1 spiro atoms. The number of nitrogens with one attached hydrogen (secondary N) is 10. The van der Waals surface area contributed by atoms with E-state index in [4.69, 9.17) is 38.6 Å². The van der Waals surface area contributed by atoms with E-state index in [-0.39, 0.29) is 91.4 Å². The van der Waals surface area contributed by atoms with Crippen LogP contribution in [0.25, 0.3) is 0 Å². The van der Waals surface area contributed by atoms with Crippen LogP contribution in [0.4, 0.5) is 10.5 Å². The zero-order valence-electron chi connectivity index (χ0n) is 36.1. The van der Waals surface area contributed by atoms with E-state index in [2.05, 4.69) is 47.9 Å². The van der Waals surface area contributed by atoms with Gasteiger partial charge in [0.2, 0.25) is 29.5 Å². The zero-order valence-corrected chi connectivity index (χ0v) is 36.9. The standard InChI is InChI=1S/C42H52N12O12S/c1-46-34(59)19-50-35(60)28(4-3-14-48-40(45)64)53-37(62)30(20-55)54-36(61)29(5-2-13-47-39(43)44)52-33(58)12-15-49-41(67)51-21-6-9-25-24(16-21)38(63)66-42(25)26-10-7-22(56)17-31(26)65-32-18-23(57)8-11-27(32)42/h6-11,16-18,28-30,55-57H,2-5,12-15,19-20H2,1H3,(H,46,59)(H,50,60)(H,52,58)(H,53,62)(H,54,61)(H4,43,44,47)(H3,45,48,64)(H2,49,51,67)/t28-,29-,30-/m0/s1. The third-order valence-electron chi connectivity index (χ3n) is 10.4. The predicted octanol–water partition coefficient (Wildman–Crippen LogP) is -1.64. The van der Waals surface area contributed by atoms with Crippen LogP contribution < -0.4 is 64.1 Å². The number of phenols is 2. The molecular weight excluding hydrogens is 897 g/mol. The first-order valence-corrected chi connectivity index (χ1v) is 21.2. The van der Waals surface area contributed by atoms with Crippen LogP contribution in [-0.2, 0) is 34.3 Å². The fraction of sp³-hybridized carbons (Fsp3) is 0.357. The molecular formula is C42H52N12O12S. The van der Waals surface area contributed by atoms with Gasteiger partial charge in [-0.1, -0.05) is 6.07 Å². The van der Waals surface area contributed by atoms with Gasteiger partial charge in [0.1, 0.15) is 41.1 Å². The van der Waals surface area contributed by atoms with Crippen molar-refractivity contribution in [2.24, 2.45) is 11.5 Å². The molecule has 3 aromatic rings. The van der Waals surface area contributed by atoms with Crippen molar-refractivity contribution in [1.29, 1.82) is 5.41 Å². The average molecular weight is 949 g/mol. The van der Waals surface area contributed by atoms with Crippen LogP contribution in [0.15, 0.2) is 54.6 Å². The molecule has 0 aromatic heterocycles. The number of hydrogen-bond donors (Lipinski definition) is 15. The first kappa shape index (κ1) is 50.1. The Bertz CT molecular complexity index is 2370. The quantitative estimate of drug-likeness (QED) is 0.0187. The van der Waals surface area contributed by atoms with Gasteiger partial charge in [-0.2, -0.15) is 0 Å². The zero-order chi connectivity index (χ0) is 48.8. The summed E-state index contributed by atoms with van der Waals surface area (Å²) in [5.74, 6) is -4.40. The molecule has 0 fully saturated rings. The number of anilines is 1. The van der Waals surface area contributed by atoms with Crippen molar-refractivity contribution < 1.29 is 58.4 Å². The smallest absolute Gasteiger partial charge is 0.340 e. The number of aliphatic hydroxyl groups is 1. The van der Waals surface area contributed by atoms with Crippen LogP contribution in [0.2, 0.25) is 0 Å². The van der Waals surface area contributed by atoms with Gasteiger partial charge in [0.15, 0.2) is 16.7 Å². The summed E-state index contributed by atoms with van der Waals surface area (Å²) in [7, 11) is 1.36. The molecule has 17 N–H and O–H groups in total. The van der Waals surface area contributed by atoms with Crippen molar-refractivity contribution in [2.45, 2.75) is 55.8 Å². The third kappa shape index (κ3) is 12.9. The van der Waals surface area contributed by atoms with E-state index in [9.17, 15) is 48.9 Å². The number of benzene rings is 3. The van der Waals surface area contributed by atoms with Gasteiger partial charge in [-0.05, 0) is 74.3 Å². The maximum atomic E-state index is 13.5. The van der Waals surface area contributed by atoms with Gasteiger partial charge in [0.05, 0.1) is 18.7 Å². The minimum Gasteiger partial charge on any atom is -0.508 e. The number of ether oxygens (including phenoxy) is 2. The number of fused-ring (bicyclic) bond motifs is 6. The van der Waals surface area contributed by atoms with Gasteiger partial charge in [0.25, 0.3) is 0 Å². The molecule has 0 radical (unpaired) electrons. The summed E-state index contributed by atoms with van der Waals surface area (Å²) in [6, 6.07) is 8.81. The number of nitrogens with two attached hydrogens (primary N) is 2. The Kier molecular flexibility index (Phi) is 17.0. The SMILES string of the molecule is CNC(=O)CNC(=O)[C@H](CCCNC(N)=O)NC(=O)[C@H](CO)NC(=O)[C@H](CCCNC(=N)N)NC(=O)CCNC(=S)Nc1ccc2c(c1)C(=O)OC21c2ccc(O)cc2Oc2cc(O)ccc21. The Balaban J connectivity index is 1.19. The molecule has 67 heavy (non-hydrogen) atoms. The summed E-state index contributed by atoms with van der Waals surface area (Å²) >= 11 is 5.46. The van der Waals surface area contributed by atoms with E-state index in [1.807, 2.05) is 0 Å². The van der Waals surface area contributed by atoms with Crippen molar-refractivity contribution in [1.82, 2.24) is 42.5 Å². The van der Waals surface area contributed by atoms with E-state index in [1.54, 1.807) is 30.3 Å². The molecule has 3 atom stereocenters. The van der Waals surface area contributed by atoms with E-state index >= 15 is 0 Å². The highest BCUT2D eigenvalue weighted by molar-refractivity contribution is 7.80. The summed E-state index contributed by atoms with van der Waals surface area (Å²) in [5.41, 5.74) is 11.0. The molecule has 2 aliphatic rings. The minimum absolute atomic E-state index is 0.000406. The molecule has 3 aromatic carbocycles. The van der Waals surface area contributed by atoms with Crippen molar-refractivity contribution in [3.05, 3.63) is 76.9 Å². The van der Waals surface area contributed by atoms with Crippen molar-refractivity contribution in [2.75, 3.05) is 45.2 Å². The highest BCUT2D eigenvalue weighted by Gasteiger charge is 2.53. The second-order valence-corrected chi connectivity index (χ2v) is 15.6. The van der Waals surface area contributed by atoms with Crippen molar-refractivity contribution >= 4 is 70.5 Å². The first-order chi connectivity index (χ1) is 31.9. The number of primary amides is 1. The van der Waals surface area contributed by atoms with Gasteiger partial charge >= 0.3 is 12.0 Å². The van der Waals surface area contributed by atoms with E-state index in [0.717, 1.165) is 0 Å². The van der Waals surface area contributed by atoms with Gasteiger partial charge in [0, 0.05) is 67.6 Å². The topological polar surface area (TPSA) is 383 Å². The average Bonchev–Trinajstić information content (AvgIpc) is 3.56. The Morgan fingerprint density at radius 2 is 1.31 bits per heavy atom. The van der Waals surface area contributed by atoms with Crippen LogP contribution in [-0.4, -0.2) is 126 Å². The molecule has 358 valence electrons. The molecule has 0 unspecified atom stereocenters. The molecule has 25 heteroatoms. The van der Waals surface area contributed by atoms with Gasteiger partial charge in [-0.15, -0.1) is 0 Å². The number of guanidine groups is 1. The summed E-state index contributed by atoms with van der Waals surface area (Å²) in [6.45, 7) is -1.13. The van der Waals surface area contributed by atoms with Gasteiger partial charge < -0.3 is 84.1 Å². The fourth-order valence-electron chi connectivity index (χ4n) is 7.22. The molecule has 5 rings (SSSR count). The molecule has 0 saturated heterocycles. The number of hydrogen-bond acceptors (Lipinski definition) is 14. The lowest BCUT2D eigenvalue weighted by Crippen LogP contribution is -2.58. The van der Waals surface area contributed by atoms with E-state index in [0.29, 0.717) is 22.4 Å². The number of esters is 1. The Morgan fingerprint density at radius 1 is 0.731 bits per heavy atom. The summed E-state index contributed by atoms with van der Waals surface area (Å²) in [6.07, 6.45) is 0.160. The molecule has 0 bridgehead atoms. The Morgan fingerprint density at radius 3 is 1.91 bits per heavy atom. The molecule has 0 saturated carbocycles. The lowest BCUT2D eigenvalue weighted by atomic mass is 9.77. The second kappa shape index (κ2) is 22.8. The molecule has 7 amide bonds. The second-order valence-electron chi connectivity index (χ2n) is 15.2. The summed E-state index contributed by atoms with van der Waals surface area (Å²) in [5, 5.41) is 60.9. The summed E-state index contributed by atoms with van der Waals surface area (Å²) in [4.78, 5) is 89.2. The Labute approximate surface area is 388 Å². The predicted molar refractivity (Wildman–Crippen MR) is 243 cm³/mol. The van der Waals surface area contributed by atoms with Crippen molar-refractivity contribution in [3.8, 4) is 23.0 Å². The number of rotatable bonds is 21. The summed E-state index contributed by atoms with van der Waals surface area (Å²) < 4.78 is 12.1. The lowest BCUT2D eigenvalue weighted by molar-refractivity contribution is -0.134. The normalized spacial score (nSPS) is 13.9.